The summed E-state index contributed by atoms with van der Waals surface area (Å²) in [6.07, 6.45) is 2.57. The summed E-state index contributed by atoms with van der Waals surface area (Å²) in [6, 6.07) is 8.24. The number of benzene rings is 1. The molecule has 1 aromatic carbocycles. The first kappa shape index (κ1) is 11.2. The van der Waals surface area contributed by atoms with Crippen LogP contribution < -0.4 is 10.1 Å². The van der Waals surface area contributed by atoms with Crippen LogP contribution in [0, 0.1) is 9.49 Å². The minimum absolute atomic E-state index is 0.679. The van der Waals surface area contributed by atoms with E-state index < -0.39 is 0 Å². The van der Waals surface area contributed by atoms with E-state index in [9.17, 15) is 0 Å². The molecule has 0 spiro atoms. The van der Waals surface area contributed by atoms with Crippen LogP contribution in [0.25, 0.3) is 0 Å². The highest BCUT2D eigenvalue weighted by Crippen LogP contribution is 2.16. The first-order valence-corrected chi connectivity index (χ1v) is 6.51. The molecule has 1 aromatic rings. The van der Waals surface area contributed by atoms with Crippen LogP contribution in [0.1, 0.15) is 12.8 Å². The molecule has 0 bridgehead atoms. The Kier molecular flexibility index (Phi) is 4.26. The predicted octanol–water partition coefficient (Wildman–Crippen LogP) is 2.67. The van der Waals surface area contributed by atoms with Crippen LogP contribution in [0.4, 0.5) is 0 Å². The molecule has 2 nitrogen and oxygen atoms in total. The van der Waals surface area contributed by atoms with E-state index in [0.717, 1.165) is 18.9 Å². The lowest BCUT2D eigenvalue weighted by atomic mass is 10.0. The summed E-state index contributed by atoms with van der Waals surface area (Å²) >= 11 is 2.30. The van der Waals surface area contributed by atoms with Gasteiger partial charge in [-0.15, -0.1) is 0 Å². The van der Waals surface area contributed by atoms with Gasteiger partial charge in [-0.3, -0.25) is 0 Å². The minimum atomic E-state index is 0.679. The fraction of sp³-hybridized carbons (Fsp3) is 0.500. The second kappa shape index (κ2) is 5.70. The summed E-state index contributed by atoms with van der Waals surface area (Å²) in [5, 5.41) is 3.40. The van der Waals surface area contributed by atoms with Crippen LogP contribution in [0.5, 0.6) is 5.75 Å². The van der Waals surface area contributed by atoms with Gasteiger partial charge in [-0.2, -0.15) is 0 Å². The van der Waals surface area contributed by atoms with E-state index in [1.165, 1.54) is 23.0 Å². The van der Waals surface area contributed by atoms with E-state index in [1.54, 1.807) is 0 Å². The van der Waals surface area contributed by atoms with Crippen LogP contribution in [0.3, 0.4) is 0 Å². The predicted molar refractivity (Wildman–Crippen MR) is 70.2 cm³/mol. The topological polar surface area (TPSA) is 21.3 Å². The van der Waals surface area contributed by atoms with Crippen LogP contribution >= 0.6 is 22.6 Å². The SMILES string of the molecule is Ic1ccc(OC[C@@H]2CCCNC2)cc1. The van der Waals surface area contributed by atoms with Crippen LogP contribution in [0.15, 0.2) is 24.3 Å². The number of halogens is 1. The van der Waals surface area contributed by atoms with Gasteiger partial charge in [0.05, 0.1) is 6.61 Å². The molecule has 0 saturated carbocycles. The molecule has 15 heavy (non-hydrogen) atoms. The van der Waals surface area contributed by atoms with Crippen molar-refractivity contribution < 1.29 is 4.74 Å². The zero-order valence-corrected chi connectivity index (χ0v) is 10.9. The van der Waals surface area contributed by atoms with Gasteiger partial charge in [0.15, 0.2) is 0 Å². The standard InChI is InChI=1S/C12H16INO/c13-11-3-5-12(6-4-11)15-9-10-2-1-7-14-8-10/h3-6,10,14H,1-2,7-9H2/t10-/m1/s1. The monoisotopic (exact) mass is 317 g/mol. The van der Waals surface area contributed by atoms with Gasteiger partial charge in [0.25, 0.3) is 0 Å². The quantitative estimate of drug-likeness (QED) is 0.866. The summed E-state index contributed by atoms with van der Waals surface area (Å²) in [4.78, 5) is 0. The first-order valence-electron chi connectivity index (χ1n) is 5.44. The van der Waals surface area contributed by atoms with Crippen molar-refractivity contribution in [3.05, 3.63) is 27.8 Å². The Morgan fingerprint density at radius 2 is 2.13 bits per heavy atom. The normalized spacial score (nSPS) is 21.3. The zero-order chi connectivity index (χ0) is 10.5. The first-order chi connectivity index (χ1) is 7.34. The van der Waals surface area contributed by atoms with Crippen molar-refractivity contribution in [1.82, 2.24) is 5.32 Å². The van der Waals surface area contributed by atoms with Gasteiger partial charge < -0.3 is 10.1 Å². The maximum atomic E-state index is 5.76. The van der Waals surface area contributed by atoms with Gasteiger partial charge in [0.2, 0.25) is 0 Å². The third kappa shape index (κ3) is 3.65. The third-order valence-electron chi connectivity index (χ3n) is 2.70. The van der Waals surface area contributed by atoms with Gasteiger partial charge >= 0.3 is 0 Å². The van der Waals surface area contributed by atoms with Crippen molar-refractivity contribution >= 4 is 22.6 Å². The van der Waals surface area contributed by atoms with E-state index in [2.05, 4.69) is 40.0 Å². The number of hydrogen-bond acceptors (Lipinski definition) is 2. The average molecular weight is 317 g/mol. The Labute approximate surface area is 105 Å². The van der Waals surface area contributed by atoms with Crippen molar-refractivity contribution in [2.45, 2.75) is 12.8 Å². The van der Waals surface area contributed by atoms with Crippen LogP contribution in [-0.4, -0.2) is 19.7 Å². The number of ether oxygens (including phenoxy) is 1. The van der Waals surface area contributed by atoms with Gasteiger partial charge in [-0.05, 0) is 66.2 Å². The summed E-state index contributed by atoms with van der Waals surface area (Å²) in [7, 11) is 0. The molecule has 0 aromatic heterocycles. The molecule has 0 aliphatic carbocycles. The molecule has 0 radical (unpaired) electrons. The number of nitrogens with one attached hydrogen (secondary N) is 1. The molecule has 1 aliphatic rings. The molecular formula is C12H16INO. The molecule has 0 unspecified atom stereocenters. The molecule has 2 rings (SSSR count). The molecule has 1 heterocycles. The van der Waals surface area contributed by atoms with Crippen molar-refractivity contribution in [1.29, 1.82) is 0 Å². The van der Waals surface area contributed by atoms with Gasteiger partial charge in [-0.1, -0.05) is 0 Å². The van der Waals surface area contributed by atoms with E-state index >= 15 is 0 Å². The fourth-order valence-corrected chi connectivity index (χ4v) is 2.17. The maximum absolute atomic E-state index is 5.76. The van der Waals surface area contributed by atoms with Crippen molar-refractivity contribution in [3.63, 3.8) is 0 Å². The maximum Gasteiger partial charge on any atom is 0.119 e. The van der Waals surface area contributed by atoms with Crippen molar-refractivity contribution in [2.75, 3.05) is 19.7 Å². The highest BCUT2D eigenvalue weighted by atomic mass is 127. The second-order valence-electron chi connectivity index (χ2n) is 3.98. The minimum Gasteiger partial charge on any atom is -0.493 e. The molecular weight excluding hydrogens is 301 g/mol. The average Bonchev–Trinajstić information content (AvgIpc) is 2.30. The Bertz CT molecular complexity index is 293. The zero-order valence-electron chi connectivity index (χ0n) is 8.71. The highest BCUT2D eigenvalue weighted by Gasteiger charge is 2.13. The lowest BCUT2D eigenvalue weighted by Gasteiger charge is -2.22. The highest BCUT2D eigenvalue weighted by molar-refractivity contribution is 14.1. The molecule has 3 heteroatoms. The van der Waals surface area contributed by atoms with Gasteiger partial charge in [-0.25, -0.2) is 0 Å². The Morgan fingerprint density at radius 1 is 1.33 bits per heavy atom. The van der Waals surface area contributed by atoms with E-state index in [-0.39, 0.29) is 0 Å². The van der Waals surface area contributed by atoms with E-state index in [0.29, 0.717) is 5.92 Å². The van der Waals surface area contributed by atoms with Gasteiger partial charge in [0, 0.05) is 16.0 Å². The summed E-state index contributed by atoms with van der Waals surface area (Å²) in [5.74, 6) is 1.67. The molecule has 0 amide bonds. The lowest BCUT2D eigenvalue weighted by Crippen LogP contribution is -2.33. The summed E-state index contributed by atoms with van der Waals surface area (Å²) in [6.45, 7) is 3.11. The molecule has 1 N–H and O–H groups in total. The molecule has 82 valence electrons. The summed E-state index contributed by atoms with van der Waals surface area (Å²) in [5.41, 5.74) is 0. The summed E-state index contributed by atoms with van der Waals surface area (Å²) < 4.78 is 7.01. The van der Waals surface area contributed by atoms with E-state index in [1.807, 2.05) is 12.1 Å². The molecule has 1 saturated heterocycles. The lowest BCUT2D eigenvalue weighted by molar-refractivity contribution is 0.218. The molecule has 1 aliphatic heterocycles. The van der Waals surface area contributed by atoms with Crippen LogP contribution in [-0.2, 0) is 0 Å². The number of rotatable bonds is 3. The Hall–Kier alpha value is -0.290. The largest absolute Gasteiger partial charge is 0.493 e. The van der Waals surface area contributed by atoms with Crippen molar-refractivity contribution in [3.8, 4) is 5.75 Å². The molecule has 1 fully saturated rings. The Balaban J connectivity index is 1.79. The van der Waals surface area contributed by atoms with E-state index in [4.69, 9.17) is 4.74 Å². The molecule has 1 atom stereocenters. The fourth-order valence-electron chi connectivity index (χ4n) is 1.81. The smallest absolute Gasteiger partial charge is 0.119 e. The second-order valence-corrected chi connectivity index (χ2v) is 5.22. The number of hydrogen-bond donors (Lipinski definition) is 1. The Morgan fingerprint density at radius 3 is 2.80 bits per heavy atom. The van der Waals surface area contributed by atoms with Gasteiger partial charge in [0.1, 0.15) is 5.75 Å². The third-order valence-corrected chi connectivity index (χ3v) is 3.42. The number of piperidine rings is 1. The van der Waals surface area contributed by atoms with Crippen LogP contribution in [0.2, 0.25) is 0 Å². The van der Waals surface area contributed by atoms with Crippen molar-refractivity contribution in [2.24, 2.45) is 5.92 Å².